The van der Waals surface area contributed by atoms with Gasteiger partial charge in [-0.3, -0.25) is 0 Å². The van der Waals surface area contributed by atoms with E-state index in [1.165, 1.54) is 4.88 Å². The predicted octanol–water partition coefficient (Wildman–Crippen LogP) is 1.58. The number of aryl methyl sites for hydroxylation is 1. The molecule has 15 heavy (non-hydrogen) atoms. The Kier molecular flexibility index (Phi) is 5.86. The summed E-state index contributed by atoms with van der Waals surface area (Å²) in [6.07, 6.45) is 0.640. The molecular weight excluding hydrogens is 210 g/mol. The zero-order valence-electron chi connectivity index (χ0n) is 9.32. The van der Waals surface area contributed by atoms with Crippen molar-refractivity contribution < 1.29 is 9.84 Å². The molecule has 0 bridgehead atoms. The van der Waals surface area contributed by atoms with Gasteiger partial charge in [0.2, 0.25) is 0 Å². The highest BCUT2D eigenvalue weighted by Crippen LogP contribution is 2.23. The summed E-state index contributed by atoms with van der Waals surface area (Å²) in [5.41, 5.74) is 0. The molecular formula is C11H19NO2S. The van der Waals surface area contributed by atoms with Gasteiger partial charge in [0, 0.05) is 30.0 Å². The number of hydrogen-bond acceptors (Lipinski definition) is 4. The molecule has 0 saturated heterocycles. The van der Waals surface area contributed by atoms with Crippen molar-refractivity contribution in [2.75, 3.05) is 26.8 Å². The summed E-state index contributed by atoms with van der Waals surface area (Å²) in [4.78, 5) is 2.36. The van der Waals surface area contributed by atoms with Gasteiger partial charge in [-0.15, -0.1) is 11.3 Å². The van der Waals surface area contributed by atoms with E-state index in [0.29, 0.717) is 13.2 Å². The van der Waals surface area contributed by atoms with Gasteiger partial charge in [0.15, 0.2) is 0 Å². The highest BCUT2D eigenvalue weighted by atomic mass is 32.1. The molecule has 0 aliphatic carbocycles. The SMILES string of the molecule is CCc1ccc(C(O)CNCCOC)s1. The number of thiophene rings is 1. The molecule has 0 aliphatic heterocycles. The molecule has 3 nitrogen and oxygen atoms in total. The second-order valence-electron chi connectivity index (χ2n) is 3.37. The van der Waals surface area contributed by atoms with Gasteiger partial charge >= 0.3 is 0 Å². The molecule has 1 atom stereocenters. The van der Waals surface area contributed by atoms with Gasteiger partial charge in [-0.25, -0.2) is 0 Å². The molecule has 0 fully saturated rings. The van der Waals surface area contributed by atoms with Gasteiger partial charge in [0.25, 0.3) is 0 Å². The summed E-state index contributed by atoms with van der Waals surface area (Å²) in [5.74, 6) is 0. The Hall–Kier alpha value is -0.420. The molecule has 0 aliphatic rings. The lowest BCUT2D eigenvalue weighted by molar-refractivity contribution is 0.164. The molecule has 0 saturated carbocycles. The Labute approximate surface area is 95.1 Å². The fraction of sp³-hybridized carbons (Fsp3) is 0.636. The molecule has 86 valence electrons. The minimum Gasteiger partial charge on any atom is -0.386 e. The Bertz CT molecular complexity index is 275. The maximum absolute atomic E-state index is 9.84. The molecule has 0 aromatic carbocycles. The van der Waals surface area contributed by atoms with Crippen LogP contribution < -0.4 is 5.32 Å². The number of rotatable bonds is 7. The number of nitrogens with one attached hydrogen (secondary N) is 1. The van der Waals surface area contributed by atoms with Crippen LogP contribution in [0.5, 0.6) is 0 Å². The molecule has 1 rings (SSSR count). The standard InChI is InChI=1S/C11H19NO2S/c1-3-9-4-5-11(15-9)10(13)8-12-6-7-14-2/h4-5,10,12-13H,3,6-8H2,1-2H3. The fourth-order valence-electron chi connectivity index (χ4n) is 1.28. The van der Waals surface area contributed by atoms with Crippen LogP contribution in [-0.2, 0) is 11.2 Å². The molecule has 2 N–H and O–H groups in total. The first-order valence-electron chi connectivity index (χ1n) is 5.24. The second kappa shape index (κ2) is 6.95. The summed E-state index contributed by atoms with van der Waals surface area (Å²) in [7, 11) is 1.67. The molecule has 0 radical (unpaired) electrons. The third kappa shape index (κ3) is 4.30. The Morgan fingerprint density at radius 2 is 2.33 bits per heavy atom. The number of aliphatic hydroxyl groups excluding tert-OH is 1. The molecule has 1 aromatic rings. The Morgan fingerprint density at radius 1 is 1.53 bits per heavy atom. The Morgan fingerprint density at radius 3 is 2.93 bits per heavy atom. The van der Waals surface area contributed by atoms with Crippen LogP contribution in [0.2, 0.25) is 0 Å². The van der Waals surface area contributed by atoms with Crippen LogP contribution in [0.15, 0.2) is 12.1 Å². The largest absolute Gasteiger partial charge is 0.386 e. The normalized spacial score (nSPS) is 13.0. The van der Waals surface area contributed by atoms with Gasteiger partial charge in [-0.1, -0.05) is 6.92 Å². The van der Waals surface area contributed by atoms with Crippen molar-refractivity contribution in [3.05, 3.63) is 21.9 Å². The van der Waals surface area contributed by atoms with Crippen LogP contribution in [0, 0.1) is 0 Å². The van der Waals surface area contributed by atoms with E-state index >= 15 is 0 Å². The number of ether oxygens (including phenoxy) is 1. The van der Waals surface area contributed by atoms with Crippen LogP contribution in [0.1, 0.15) is 22.8 Å². The maximum Gasteiger partial charge on any atom is 0.101 e. The van der Waals surface area contributed by atoms with E-state index in [-0.39, 0.29) is 0 Å². The highest BCUT2D eigenvalue weighted by Gasteiger charge is 2.09. The lowest BCUT2D eigenvalue weighted by Gasteiger charge is -2.09. The van der Waals surface area contributed by atoms with Crippen LogP contribution in [-0.4, -0.2) is 31.9 Å². The second-order valence-corrected chi connectivity index (χ2v) is 4.57. The minimum absolute atomic E-state index is 0.396. The molecule has 1 aromatic heterocycles. The van der Waals surface area contributed by atoms with Crippen molar-refractivity contribution in [1.82, 2.24) is 5.32 Å². The fourth-order valence-corrected chi connectivity index (χ4v) is 2.22. The van der Waals surface area contributed by atoms with Crippen LogP contribution in [0.3, 0.4) is 0 Å². The third-order valence-corrected chi connectivity index (χ3v) is 3.51. The number of methoxy groups -OCH3 is 1. The highest BCUT2D eigenvalue weighted by molar-refractivity contribution is 7.12. The number of aliphatic hydroxyl groups is 1. The summed E-state index contributed by atoms with van der Waals surface area (Å²) in [5, 5.41) is 13.0. The van der Waals surface area contributed by atoms with Crippen molar-refractivity contribution in [1.29, 1.82) is 0 Å². The van der Waals surface area contributed by atoms with Crippen LogP contribution in [0.4, 0.5) is 0 Å². The third-order valence-electron chi connectivity index (χ3n) is 2.18. The summed E-state index contributed by atoms with van der Waals surface area (Å²) in [6.45, 7) is 4.17. The van der Waals surface area contributed by atoms with E-state index < -0.39 is 6.10 Å². The van der Waals surface area contributed by atoms with Gasteiger partial charge in [-0.2, -0.15) is 0 Å². The van der Waals surface area contributed by atoms with E-state index in [2.05, 4.69) is 18.3 Å². The van der Waals surface area contributed by atoms with Gasteiger partial charge in [0.05, 0.1) is 6.61 Å². The Balaban J connectivity index is 2.29. The van der Waals surface area contributed by atoms with Crippen molar-refractivity contribution >= 4 is 11.3 Å². The zero-order chi connectivity index (χ0) is 11.1. The molecule has 0 spiro atoms. The average molecular weight is 229 g/mol. The van der Waals surface area contributed by atoms with E-state index in [0.717, 1.165) is 17.8 Å². The van der Waals surface area contributed by atoms with Gasteiger partial charge in [0.1, 0.15) is 6.10 Å². The van der Waals surface area contributed by atoms with Crippen molar-refractivity contribution in [2.24, 2.45) is 0 Å². The topological polar surface area (TPSA) is 41.5 Å². The van der Waals surface area contributed by atoms with Crippen LogP contribution >= 0.6 is 11.3 Å². The smallest absolute Gasteiger partial charge is 0.101 e. The zero-order valence-corrected chi connectivity index (χ0v) is 10.1. The van der Waals surface area contributed by atoms with Crippen molar-refractivity contribution in [3.63, 3.8) is 0 Å². The van der Waals surface area contributed by atoms with E-state index in [4.69, 9.17) is 4.74 Å². The van der Waals surface area contributed by atoms with E-state index in [9.17, 15) is 5.11 Å². The molecule has 1 unspecified atom stereocenters. The quantitative estimate of drug-likeness (QED) is 0.698. The first-order chi connectivity index (χ1) is 7.27. The minimum atomic E-state index is -0.396. The van der Waals surface area contributed by atoms with Crippen molar-refractivity contribution in [3.8, 4) is 0 Å². The molecule has 0 amide bonds. The summed E-state index contributed by atoms with van der Waals surface area (Å²) < 4.78 is 4.91. The lowest BCUT2D eigenvalue weighted by atomic mass is 10.3. The van der Waals surface area contributed by atoms with E-state index in [1.54, 1.807) is 18.4 Å². The number of hydrogen-bond donors (Lipinski definition) is 2. The maximum atomic E-state index is 9.84. The van der Waals surface area contributed by atoms with Gasteiger partial charge in [-0.05, 0) is 18.6 Å². The summed E-state index contributed by atoms with van der Waals surface area (Å²) in [6, 6.07) is 4.09. The first kappa shape index (κ1) is 12.6. The van der Waals surface area contributed by atoms with Crippen molar-refractivity contribution in [2.45, 2.75) is 19.4 Å². The first-order valence-corrected chi connectivity index (χ1v) is 6.06. The van der Waals surface area contributed by atoms with Crippen LogP contribution in [0.25, 0.3) is 0 Å². The molecule has 4 heteroatoms. The monoisotopic (exact) mass is 229 g/mol. The summed E-state index contributed by atoms with van der Waals surface area (Å²) >= 11 is 1.68. The van der Waals surface area contributed by atoms with E-state index in [1.807, 2.05) is 6.07 Å². The molecule has 1 heterocycles. The average Bonchev–Trinajstić information content (AvgIpc) is 2.72. The predicted molar refractivity (Wildman–Crippen MR) is 63.4 cm³/mol. The van der Waals surface area contributed by atoms with Gasteiger partial charge < -0.3 is 15.2 Å². The lowest BCUT2D eigenvalue weighted by Crippen LogP contribution is -2.24.